The van der Waals surface area contributed by atoms with Gasteiger partial charge in [-0.25, -0.2) is 4.39 Å². The van der Waals surface area contributed by atoms with E-state index in [1.165, 1.54) is 18.3 Å². The van der Waals surface area contributed by atoms with Crippen molar-refractivity contribution in [3.8, 4) is 0 Å². The first-order valence-corrected chi connectivity index (χ1v) is 8.65. The van der Waals surface area contributed by atoms with Crippen LogP contribution >= 0.6 is 0 Å². The van der Waals surface area contributed by atoms with Gasteiger partial charge in [0.25, 0.3) is 11.8 Å². The van der Waals surface area contributed by atoms with Gasteiger partial charge in [0.2, 0.25) is 0 Å². The smallest absolute Gasteiger partial charge is 0.322 e. The van der Waals surface area contributed by atoms with Crippen molar-refractivity contribution in [1.82, 2.24) is 4.98 Å². The Hall–Kier alpha value is -3.75. The number of alkyl halides is 3. The van der Waals surface area contributed by atoms with E-state index in [0.717, 1.165) is 6.07 Å². The molecular formula is C21H15F4N3O2. The highest BCUT2D eigenvalue weighted by molar-refractivity contribution is 6.08. The van der Waals surface area contributed by atoms with Gasteiger partial charge >= 0.3 is 6.18 Å². The first-order valence-electron chi connectivity index (χ1n) is 8.65. The van der Waals surface area contributed by atoms with Crippen LogP contribution in [0.3, 0.4) is 0 Å². The summed E-state index contributed by atoms with van der Waals surface area (Å²) >= 11 is 0. The average Bonchev–Trinajstić information content (AvgIpc) is 2.69. The van der Waals surface area contributed by atoms with E-state index in [-0.39, 0.29) is 16.8 Å². The highest BCUT2D eigenvalue weighted by atomic mass is 19.4. The summed E-state index contributed by atoms with van der Waals surface area (Å²) in [6, 6.07) is 9.75. The molecule has 5 nitrogen and oxygen atoms in total. The lowest BCUT2D eigenvalue weighted by Crippen LogP contribution is -2.17. The number of carbonyl (C=O) groups is 2. The van der Waals surface area contributed by atoms with Crippen LogP contribution in [0, 0.1) is 12.7 Å². The fourth-order valence-electron chi connectivity index (χ4n) is 2.67. The number of aryl methyl sites for hydroxylation is 1. The molecule has 0 atom stereocenters. The van der Waals surface area contributed by atoms with E-state index in [4.69, 9.17) is 0 Å². The first kappa shape index (κ1) is 21.0. The maximum Gasteiger partial charge on any atom is 0.419 e. The Morgan fingerprint density at radius 1 is 0.933 bits per heavy atom. The Balaban J connectivity index is 1.81. The lowest BCUT2D eigenvalue weighted by atomic mass is 10.1. The molecule has 0 aliphatic rings. The van der Waals surface area contributed by atoms with Gasteiger partial charge in [0.05, 0.1) is 17.4 Å². The number of carbonyl (C=O) groups excluding carboxylic acids is 2. The van der Waals surface area contributed by atoms with Crippen LogP contribution in [0.1, 0.15) is 31.8 Å². The summed E-state index contributed by atoms with van der Waals surface area (Å²) in [7, 11) is 0. The molecule has 0 bridgehead atoms. The second kappa shape index (κ2) is 8.32. The molecule has 1 aromatic heterocycles. The third-order valence-electron chi connectivity index (χ3n) is 4.19. The molecule has 0 fully saturated rings. The van der Waals surface area contributed by atoms with Crippen LogP contribution in [0.4, 0.5) is 28.9 Å². The van der Waals surface area contributed by atoms with E-state index in [9.17, 15) is 27.2 Å². The summed E-state index contributed by atoms with van der Waals surface area (Å²) in [6.07, 6.45) is -1.91. The molecule has 2 N–H and O–H groups in total. The van der Waals surface area contributed by atoms with E-state index in [2.05, 4.69) is 15.6 Å². The van der Waals surface area contributed by atoms with E-state index in [0.29, 0.717) is 23.4 Å². The van der Waals surface area contributed by atoms with Crippen LogP contribution in [0.15, 0.2) is 60.9 Å². The van der Waals surface area contributed by atoms with Gasteiger partial charge in [0.15, 0.2) is 0 Å². The van der Waals surface area contributed by atoms with Crippen LogP contribution in [-0.2, 0) is 6.18 Å². The highest BCUT2D eigenvalue weighted by Gasteiger charge is 2.34. The summed E-state index contributed by atoms with van der Waals surface area (Å²) < 4.78 is 52.0. The maximum absolute atomic E-state index is 13.4. The summed E-state index contributed by atoms with van der Waals surface area (Å²) in [5, 5.41) is 5.08. The third kappa shape index (κ3) is 4.80. The van der Waals surface area contributed by atoms with Crippen molar-refractivity contribution in [2.24, 2.45) is 0 Å². The van der Waals surface area contributed by atoms with Crippen molar-refractivity contribution < 1.29 is 27.2 Å². The number of pyridine rings is 1. The zero-order valence-corrected chi connectivity index (χ0v) is 15.5. The molecule has 0 radical (unpaired) electrons. The molecule has 1 heterocycles. The number of amides is 2. The second-order valence-corrected chi connectivity index (χ2v) is 6.37. The fourth-order valence-corrected chi connectivity index (χ4v) is 2.67. The van der Waals surface area contributed by atoms with Crippen molar-refractivity contribution in [3.05, 3.63) is 89.0 Å². The summed E-state index contributed by atoms with van der Waals surface area (Å²) in [5.41, 5.74) is -0.356. The molecule has 154 valence electrons. The Labute approximate surface area is 168 Å². The number of rotatable bonds is 4. The average molecular weight is 417 g/mol. The van der Waals surface area contributed by atoms with Crippen molar-refractivity contribution in [2.45, 2.75) is 13.1 Å². The number of aromatic nitrogens is 1. The van der Waals surface area contributed by atoms with Crippen molar-refractivity contribution in [3.63, 3.8) is 0 Å². The summed E-state index contributed by atoms with van der Waals surface area (Å²) in [5.74, 6) is -2.79. The van der Waals surface area contributed by atoms with Crippen LogP contribution in [-0.4, -0.2) is 16.8 Å². The molecule has 0 aliphatic heterocycles. The SMILES string of the molecule is Cc1ccc(NC(=O)c2ccc(F)c(C(F)(F)F)c2)cc1C(=O)Nc1cccnc1. The molecule has 3 rings (SSSR count). The van der Waals surface area contributed by atoms with Crippen LogP contribution in [0.25, 0.3) is 0 Å². The van der Waals surface area contributed by atoms with Crippen molar-refractivity contribution in [2.75, 3.05) is 10.6 Å². The number of nitrogens with zero attached hydrogens (tertiary/aromatic N) is 1. The van der Waals surface area contributed by atoms with Gasteiger partial charge in [-0.1, -0.05) is 6.07 Å². The predicted octanol–water partition coefficient (Wildman–Crippen LogP) is 5.05. The van der Waals surface area contributed by atoms with Crippen molar-refractivity contribution >= 4 is 23.2 Å². The molecule has 0 aliphatic carbocycles. The van der Waals surface area contributed by atoms with Crippen LogP contribution < -0.4 is 10.6 Å². The number of hydrogen-bond donors (Lipinski definition) is 2. The molecule has 3 aromatic rings. The lowest BCUT2D eigenvalue weighted by Gasteiger charge is -2.12. The van der Waals surface area contributed by atoms with E-state index >= 15 is 0 Å². The molecule has 2 aromatic carbocycles. The zero-order valence-electron chi connectivity index (χ0n) is 15.5. The van der Waals surface area contributed by atoms with Crippen LogP contribution in [0.5, 0.6) is 0 Å². The van der Waals surface area contributed by atoms with Crippen LogP contribution in [0.2, 0.25) is 0 Å². The minimum atomic E-state index is -4.93. The third-order valence-corrected chi connectivity index (χ3v) is 4.19. The molecule has 0 spiro atoms. The largest absolute Gasteiger partial charge is 0.419 e. The molecular weight excluding hydrogens is 402 g/mol. The zero-order chi connectivity index (χ0) is 21.9. The monoisotopic (exact) mass is 417 g/mol. The fraction of sp³-hybridized carbons (Fsp3) is 0.0952. The van der Waals surface area contributed by atoms with E-state index in [1.807, 2.05) is 0 Å². The van der Waals surface area contributed by atoms with Gasteiger partial charge in [-0.2, -0.15) is 13.2 Å². The second-order valence-electron chi connectivity index (χ2n) is 6.37. The molecule has 30 heavy (non-hydrogen) atoms. The minimum Gasteiger partial charge on any atom is -0.322 e. The van der Waals surface area contributed by atoms with Gasteiger partial charge < -0.3 is 10.6 Å². The standard InChI is InChI=1S/C21H15F4N3O2/c1-12-4-6-14(10-16(12)20(30)28-15-3-2-8-26-11-15)27-19(29)13-5-7-18(22)17(9-13)21(23,24)25/h2-11H,1H3,(H,27,29)(H,28,30). The molecule has 0 unspecified atom stereocenters. The van der Waals surface area contributed by atoms with Gasteiger partial charge in [-0.3, -0.25) is 14.6 Å². The van der Waals surface area contributed by atoms with Gasteiger partial charge in [0, 0.05) is 23.0 Å². The number of hydrogen-bond acceptors (Lipinski definition) is 3. The first-order chi connectivity index (χ1) is 14.1. The summed E-state index contributed by atoms with van der Waals surface area (Å²) in [6.45, 7) is 1.69. The van der Waals surface area contributed by atoms with Gasteiger partial charge in [-0.05, 0) is 55.0 Å². The highest BCUT2D eigenvalue weighted by Crippen LogP contribution is 2.32. The normalized spacial score (nSPS) is 11.1. The van der Waals surface area contributed by atoms with Crippen molar-refractivity contribution in [1.29, 1.82) is 0 Å². The van der Waals surface area contributed by atoms with Gasteiger partial charge in [-0.15, -0.1) is 0 Å². The maximum atomic E-state index is 13.4. The quantitative estimate of drug-likeness (QED) is 0.584. The number of benzene rings is 2. The van der Waals surface area contributed by atoms with E-state index in [1.54, 1.807) is 31.3 Å². The Morgan fingerprint density at radius 3 is 2.33 bits per heavy atom. The molecule has 0 saturated heterocycles. The Bertz CT molecular complexity index is 1100. The minimum absolute atomic E-state index is 0.194. The number of anilines is 2. The lowest BCUT2D eigenvalue weighted by molar-refractivity contribution is -0.140. The number of halogens is 4. The molecule has 2 amide bonds. The Morgan fingerprint density at radius 2 is 1.67 bits per heavy atom. The molecule has 0 saturated carbocycles. The topological polar surface area (TPSA) is 71.1 Å². The summed E-state index contributed by atoms with van der Waals surface area (Å²) in [4.78, 5) is 28.8. The molecule has 9 heteroatoms. The Kier molecular flexibility index (Phi) is 5.81. The van der Waals surface area contributed by atoms with Gasteiger partial charge in [0.1, 0.15) is 5.82 Å². The van der Waals surface area contributed by atoms with E-state index < -0.39 is 29.4 Å². The predicted molar refractivity (Wildman–Crippen MR) is 103 cm³/mol. The number of nitrogens with one attached hydrogen (secondary N) is 2.